The fraction of sp³-hybridized carbons (Fsp3) is 1.00. The Morgan fingerprint density at radius 1 is 1.06 bits per heavy atom. The Bertz CT molecular complexity index is 197. The van der Waals surface area contributed by atoms with Gasteiger partial charge >= 0.3 is 0 Å². The Hall–Kier alpha value is -0.0800. The summed E-state index contributed by atoms with van der Waals surface area (Å²) in [4.78, 5) is 2.77. The number of nitrogens with one attached hydrogen (secondary N) is 1. The smallest absolute Gasteiger partial charge is 0.00965 e. The minimum absolute atomic E-state index is 0.811. The predicted molar refractivity (Wildman–Crippen MR) is 69.7 cm³/mol. The van der Waals surface area contributed by atoms with Gasteiger partial charge in [-0.15, -0.1) is 0 Å². The molecular formula is C14H28N2. The molecule has 1 heterocycles. The molecule has 0 aromatic carbocycles. The molecule has 2 aliphatic rings. The Morgan fingerprint density at radius 2 is 1.81 bits per heavy atom. The van der Waals surface area contributed by atoms with Gasteiger partial charge in [0.1, 0.15) is 0 Å². The second-order valence-corrected chi connectivity index (χ2v) is 5.62. The number of nitrogens with zero attached hydrogens (tertiary/aromatic N) is 1. The maximum absolute atomic E-state index is 3.60. The third-order valence-corrected chi connectivity index (χ3v) is 4.60. The zero-order valence-corrected chi connectivity index (χ0v) is 11.0. The Morgan fingerprint density at radius 3 is 2.38 bits per heavy atom. The topological polar surface area (TPSA) is 15.3 Å². The van der Waals surface area contributed by atoms with E-state index in [9.17, 15) is 0 Å². The van der Waals surface area contributed by atoms with E-state index in [1.165, 1.54) is 51.6 Å². The molecule has 1 N–H and O–H groups in total. The quantitative estimate of drug-likeness (QED) is 0.790. The van der Waals surface area contributed by atoms with Gasteiger partial charge < -0.3 is 10.2 Å². The van der Waals surface area contributed by atoms with Crippen molar-refractivity contribution < 1.29 is 0 Å². The highest BCUT2D eigenvalue weighted by atomic mass is 15.2. The predicted octanol–water partition coefficient (Wildman–Crippen LogP) is 2.64. The number of hydrogen-bond acceptors (Lipinski definition) is 2. The molecule has 1 aliphatic carbocycles. The van der Waals surface area contributed by atoms with Crippen LogP contribution in [0.25, 0.3) is 0 Å². The lowest BCUT2D eigenvalue weighted by atomic mass is 9.90. The van der Waals surface area contributed by atoms with Gasteiger partial charge in [-0.2, -0.15) is 0 Å². The molecular weight excluding hydrogens is 196 g/mol. The second-order valence-electron chi connectivity index (χ2n) is 5.62. The van der Waals surface area contributed by atoms with Crippen LogP contribution in [-0.4, -0.2) is 36.6 Å². The Kier molecular flexibility index (Phi) is 4.66. The largest absolute Gasteiger partial charge is 0.314 e. The molecule has 1 aliphatic heterocycles. The summed E-state index contributed by atoms with van der Waals surface area (Å²) < 4.78 is 0. The first-order valence-electron chi connectivity index (χ1n) is 7.30. The highest BCUT2D eigenvalue weighted by molar-refractivity contribution is 4.86. The van der Waals surface area contributed by atoms with Gasteiger partial charge in [-0.3, -0.25) is 0 Å². The summed E-state index contributed by atoms with van der Waals surface area (Å²) in [5.41, 5.74) is 0. The molecule has 1 atom stereocenters. The van der Waals surface area contributed by atoms with E-state index in [1.54, 1.807) is 0 Å². The first-order valence-corrected chi connectivity index (χ1v) is 7.30. The van der Waals surface area contributed by atoms with E-state index in [4.69, 9.17) is 0 Å². The maximum atomic E-state index is 3.60. The van der Waals surface area contributed by atoms with Crippen LogP contribution in [0.5, 0.6) is 0 Å². The van der Waals surface area contributed by atoms with Gasteiger partial charge in [0.25, 0.3) is 0 Å². The van der Waals surface area contributed by atoms with Crippen LogP contribution in [0, 0.1) is 5.92 Å². The first-order chi connectivity index (χ1) is 7.83. The zero-order chi connectivity index (χ0) is 11.4. The molecule has 0 bridgehead atoms. The van der Waals surface area contributed by atoms with Gasteiger partial charge in [0.05, 0.1) is 0 Å². The van der Waals surface area contributed by atoms with Crippen molar-refractivity contribution >= 4 is 0 Å². The molecule has 1 unspecified atom stereocenters. The van der Waals surface area contributed by atoms with Crippen molar-refractivity contribution in [1.29, 1.82) is 0 Å². The molecule has 1 saturated carbocycles. The van der Waals surface area contributed by atoms with E-state index >= 15 is 0 Å². The SMILES string of the molecule is CCNC1CCC(N2CCC(CC)C2)CC1. The minimum Gasteiger partial charge on any atom is -0.314 e. The third-order valence-electron chi connectivity index (χ3n) is 4.60. The van der Waals surface area contributed by atoms with Crippen LogP contribution < -0.4 is 5.32 Å². The number of likely N-dealkylation sites (tertiary alicyclic amines) is 1. The van der Waals surface area contributed by atoms with Gasteiger partial charge in [-0.1, -0.05) is 20.3 Å². The van der Waals surface area contributed by atoms with E-state index in [0.29, 0.717) is 0 Å². The lowest BCUT2D eigenvalue weighted by molar-refractivity contribution is 0.168. The van der Waals surface area contributed by atoms with Crippen LogP contribution in [0.1, 0.15) is 52.4 Å². The molecule has 0 aromatic rings. The second kappa shape index (κ2) is 6.02. The molecule has 2 fully saturated rings. The van der Waals surface area contributed by atoms with Crippen molar-refractivity contribution in [2.24, 2.45) is 5.92 Å². The summed E-state index contributed by atoms with van der Waals surface area (Å²) >= 11 is 0. The summed E-state index contributed by atoms with van der Waals surface area (Å²) in [6.45, 7) is 8.45. The molecule has 0 amide bonds. The van der Waals surface area contributed by atoms with E-state index in [0.717, 1.165) is 24.5 Å². The highest BCUT2D eigenvalue weighted by Gasteiger charge is 2.30. The van der Waals surface area contributed by atoms with Crippen molar-refractivity contribution in [1.82, 2.24) is 10.2 Å². The minimum atomic E-state index is 0.811. The lowest BCUT2D eigenvalue weighted by Crippen LogP contribution is -2.41. The van der Waals surface area contributed by atoms with Crippen molar-refractivity contribution in [3.8, 4) is 0 Å². The van der Waals surface area contributed by atoms with Crippen LogP contribution in [0.3, 0.4) is 0 Å². The van der Waals surface area contributed by atoms with E-state index in [2.05, 4.69) is 24.1 Å². The van der Waals surface area contributed by atoms with Crippen LogP contribution in [0.2, 0.25) is 0 Å². The summed E-state index contributed by atoms with van der Waals surface area (Å²) in [5.74, 6) is 0.992. The van der Waals surface area contributed by atoms with Gasteiger partial charge in [-0.25, -0.2) is 0 Å². The van der Waals surface area contributed by atoms with Gasteiger partial charge in [0, 0.05) is 18.6 Å². The average molecular weight is 224 g/mol. The standard InChI is InChI=1S/C14H28N2/c1-3-12-9-10-16(11-12)14-7-5-13(6-8-14)15-4-2/h12-15H,3-11H2,1-2H3. The average Bonchev–Trinajstić information content (AvgIpc) is 2.79. The highest BCUT2D eigenvalue weighted by Crippen LogP contribution is 2.28. The molecule has 16 heavy (non-hydrogen) atoms. The summed E-state index contributed by atoms with van der Waals surface area (Å²) in [5, 5.41) is 3.60. The van der Waals surface area contributed by atoms with Gasteiger partial charge in [0.2, 0.25) is 0 Å². The summed E-state index contributed by atoms with van der Waals surface area (Å²) in [6, 6.07) is 1.72. The van der Waals surface area contributed by atoms with Crippen molar-refractivity contribution in [3.05, 3.63) is 0 Å². The monoisotopic (exact) mass is 224 g/mol. The van der Waals surface area contributed by atoms with Crippen molar-refractivity contribution in [2.75, 3.05) is 19.6 Å². The molecule has 2 rings (SSSR count). The van der Waals surface area contributed by atoms with Gasteiger partial charge in [-0.05, 0) is 51.1 Å². The molecule has 0 aromatic heterocycles. The van der Waals surface area contributed by atoms with Crippen molar-refractivity contribution in [3.63, 3.8) is 0 Å². The normalized spacial score (nSPS) is 36.8. The first kappa shape index (κ1) is 12.4. The van der Waals surface area contributed by atoms with Crippen LogP contribution in [0.4, 0.5) is 0 Å². The van der Waals surface area contributed by atoms with Crippen LogP contribution in [-0.2, 0) is 0 Å². The Labute approximate surface area is 101 Å². The fourth-order valence-corrected chi connectivity index (χ4v) is 3.46. The number of hydrogen-bond donors (Lipinski definition) is 1. The third kappa shape index (κ3) is 2.98. The fourth-order valence-electron chi connectivity index (χ4n) is 3.46. The van der Waals surface area contributed by atoms with Crippen molar-refractivity contribution in [2.45, 2.75) is 64.5 Å². The van der Waals surface area contributed by atoms with E-state index in [1.807, 2.05) is 0 Å². The zero-order valence-electron chi connectivity index (χ0n) is 11.0. The molecule has 94 valence electrons. The molecule has 0 radical (unpaired) electrons. The maximum Gasteiger partial charge on any atom is 0.00965 e. The van der Waals surface area contributed by atoms with Crippen LogP contribution in [0.15, 0.2) is 0 Å². The summed E-state index contributed by atoms with van der Waals surface area (Å²) in [6.07, 6.45) is 8.46. The number of rotatable bonds is 4. The molecule has 1 saturated heterocycles. The summed E-state index contributed by atoms with van der Waals surface area (Å²) in [7, 11) is 0. The molecule has 0 spiro atoms. The van der Waals surface area contributed by atoms with Crippen LogP contribution >= 0.6 is 0 Å². The van der Waals surface area contributed by atoms with E-state index in [-0.39, 0.29) is 0 Å². The molecule has 2 heteroatoms. The van der Waals surface area contributed by atoms with Gasteiger partial charge in [0.15, 0.2) is 0 Å². The van der Waals surface area contributed by atoms with E-state index < -0.39 is 0 Å². The Balaban J connectivity index is 1.72. The lowest BCUT2D eigenvalue weighted by Gasteiger charge is -2.35. The molecule has 2 nitrogen and oxygen atoms in total.